The number of fused-ring (bicyclic) bond motifs is 1. The fourth-order valence-corrected chi connectivity index (χ4v) is 5.43. The summed E-state index contributed by atoms with van der Waals surface area (Å²) < 4.78 is 25.1. The lowest BCUT2D eigenvalue weighted by Gasteiger charge is -2.41. The fourth-order valence-electron chi connectivity index (χ4n) is 4.20. The van der Waals surface area contributed by atoms with E-state index in [9.17, 15) is 13.9 Å². The van der Waals surface area contributed by atoms with Crippen molar-refractivity contribution in [2.24, 2.45) is 0 Å². The van der Waals surface area contributed by atoms with Gasteiger partial charge in [-0.1, -0.05) is 43.3 Å². The number of rotatable bonds is 6. The van der Waals surface area contributed by atoms with Crippen molar-refractivity contribution < 1.29 is 18.4 Å². The first-order valence-corrected chi connectivity index (χ1v) is 13.7. The summed E-state index contributed by atoms with van der Waals surface area (Å²) in [5.41, 5.74) is 3.54. The third-order valence-corrected chi connectivity index (χ3v) is 8.01. The van der Waals surface area contributed by atoms with E-state index in [2.05, 4.69) is 35.5 Å². The zero-order valence-electron chi connectivity index (χ0n) is 20.3. The molecule has 4 N–H and O–H groups in total. The van der Waals surface area contributed by atoms with Gasteiger partial charge in [-0.15, -0.1) is 0 Å². The first-order chi connectivity index (χ1) is 17.2. The van der Waals surface area contributed by atoms with Gasteiger partial charge in [0.2, 0.25) is 0 Å². The highest BCUT2D eigenvalue weighted by molar-refractivity contribution is 8.24. The standard InChI is InChI=1S/C24H29N7O4S/c1-14(2)20-27-24(35-30-20)23(32)26-15(3)16-4-6-17(7-5-16)18-8-9-25-21-19(18)22(29-28-21)31-10-12-36(33,34)13-11-31/h4-9,14-15,33-34H,10-13H2,1-3H3,(H,26,32)(H,25,28,29)/t15-/m1/s1. The Morgan fingerprint density at radius 1 is 1.14 bits per heavy atom. The van der Waals surface area contributed by atoms with Gasteiger partial charge < -0.3 is 14.7 Å². The van der Waals surface area contributed by atoms with Gasteiger partial charge in [0.1, 0.15) is 0 Å². The summed E-state index contributed by atoms with van der Waals surface area (Å²) >= 11 is 0. The zero-order valence-corrected chi connectivity index (χ0v) is 21.1. The molecule has 1 aliphatic rings. The molecule has 0 unspecified atom stereocenters. The van der Waals surface area contributed by atoms with Crippen molar-refractivity contribution in [2.75, 3.05) is 29.5 Å². The Kier molecular flexibility index (Phi) is 6.41. The summed E-state index contributed by atoms with van der Waals surface area (Å²) in [5, 5.41) is 15.1. The van der Waals surface area contributed by atoms with E-state index in [4.69, 9.17) is 4.52 Å². The van der Waals surface area contributed by atoms with Crippen LogP contribution in [0.3, 0.4) is 0 Å². The number of carbonyl (C=O) groups excluding carboxylic acids is 1. The number of hydrogen-bond acceptors (Lipinski definition) is 9. The van der Waals surface area contributed by atoms with Gasteiger partial charge in [-0.25, -0.2) is 4.98 Å². The van der Waals surface area contributed by atoms with Crippen LogP contribution < -0.4 is 10.2 Å². The summed E-state index contributed by atoms with van der Waals surface area (Å²) in [6.45, 7) is 6.80. The van der Waals surface area contributed by atoms with E-state index in [1.54, 1.807) is 6.20 Å². The number of hydrogen-bond donors (Lipinski definition) is 4. The molecule has 3 aromatic heterocycles. The van der Waals surface area contributed by atoms with E-state index < -0.39 is 16.5 Å². The van der Waals surface area contributed by atoms with Crippen molar-refractivity contribution in [3.8, 4) is 11.1 Å². The number of nitrogens with zero attached hydrogens (tertiary/aromatic N) is 5. The molecule has 0 radical (unpaired) electrons. The van der Waals surface area contributed by atoms with E-state index in [-0.39, 0.29) is 17.9 Å². The van der Waals surface area contributed by atoms with E-state index in [0.717, 1.165) is 27.9 Å². The summed E-state index contributed by atoms with van der Waals surface area (Å²) in [4.78, 5) is 23.2. The molecule has 0 bridgehead atoms. The second kappa shape index (κ2) is 9.52. The lowest BCUT2D eigenvalue weighted by Crippen LogP contribution is -2.38. The van der Waals surface area contributed by atoms with E-state index >= 15 is 0 Å². The molecular formula is C24H29N7O4S. The highest BCUT2D eigenvalue weighted by atomic mass is 32.3. The highest BCUT2D eigenvalue weighted by Crippen LogP contribution is 2.42. The number of benzene rings is 1. The lowest BCUT2D eigenvalue weighted by molar-refractivity contribution is 0.0895. The third-order valence-electron chi connectivity index (χ3n) is 6.34. The second-order valence-electron chi connectivity index (χ2n) is 9.26. The molecule has 4 heterocycles. The van der Waals surface area contributed by atoms with E-state index in [1.807, 2.05) is 51.1 Å². The minimum atomic E-state index is -2.50. The van der Waals surface area contributed by atoms with Gasteiger partial charge >= 0.3 is 11.8 Å². The van der Waals surface area contributed by atoms with Crippen LogP contribution in [0.2, 0.25) is 0 Å². The fraction of sp³-hybridized carbons (Fsp3) is 0.375. The topological polar surface area (TPSA) is 153 Å². The highest BCUT2D eigenvalue weighted by Gasteiger charge is 2.26. The quantitative estimate of drug-likeness (QED) is 0.298. The number of carbonyl (C=O) groups is 1. The molecule has 36 heavy (non-hydrogen) atoms. The number of pyridine rings is 1. The maximum Gasteiger partial charge on any atom is 0.315 e. The molecule has 5 rings (SSSR count). The van der Waals surface area contributed by atoms with Crippen molar-refractivity contribution >= 4 is 33.3 Å². The van der Waals surface area contributed by atoms with Gasteiger partial charge in [0.25, 0.3) is 0 Å². The molecule has 1 aromatic carbocycles. The van der Waals surface area contributed by atoms with Gasteiger partial charge in [-0.3, -0.25) is 19.0 Å². The number of amides is 1. The maximum absolute atomic E-state index is 12.5. The molecule has 4 aromatic rings. The molecule has 1 atom stereocenters. The Labute approximate surface area is 209 Å². The smallest absolute Gasteiger partial charge is 0.315 e. The van der Waals surface area contributed by atoms with Crippen molar-refractivity contribution in [2.45, 2.75) is 32.7 Å². The van der Waals surface area contributed by atoms with Crippen molar-refractivity contribution in [3.05, 3.63) is 53.8 Å². The number of aromatic nitrogens is 5. The summed E-state index contributed by atoms with van der Waals surface area (Å²) in [5.74, 6) is 1.53. The normalized spacial score (nSPS) is 17.3. The molecular weight excluding hydrogens is 482 g/mol. The predicted octanol–water partition coefficient (Wildman–Crippen LogP) is 4.19. The van der Waals surface area contributed by atoms with Crippen LogP contribution in [-0.4, -0.2) is 64.9 Å². The third kappa shape index (κ3) is 4.79. The van der Waals surface area contributed by atoms with Crippen LogP contribution in [0.1, 0.15) is 54.8 Å². The molecule has 0 aliphatic carbocycles. The molecule has 1 fully saturated rings. The van der Waals surface area contributed by atoms with Gasteiger partial charge in [-0.2, -0.15) is 20.7 Å². The molecule has 0 spiro atoms. The molecule has 1 saturated heterocycles. The van der Waals surface area contributed by atoms with Crippen molar-refractivity contribution in [3.63, 3.8) is 0 Å². The van der Waals surface area contributed by atoms with E-state index in [0.29, 0.717) is 36.1 Å². The summed E-state index contributed by atoms with van der Waals surface area (Å²) in [6, 6.07) is 9.61. The average Bonchev–Trinajstić information content (AvgIpc) is 3.52. The Hall–Kier alpha value is -3.48. The number of H-pyrrole nitrogens is 1. The Bertz CT molecular complexity index is 1370. The van der Waals surface area contributed by atoms with Crippen LogP contribution >= 0.6 is 10.6 Å². The first-order valence-electron chi connectivity index (χ1n) is 11.8. The van der Waals surface area contributed by atoms with Crippen LogP contribution in [0, 0.1) is 0 Å². The number of nitrogens with one attached hydrogen (secondary N) is 2. The average molecular weight is 512 g/mol. The van der Waals surface area contributed by atoms with Crippen LogP contribution in [0.25, 0.3) is 22.2 Å². The van der Waals surface area contributed by atoms with Crippen molar-refractivity contribution in [1.29, 1.82) is 0 Å². The number of anilines is 1. The van der Waals surface area contributed by atoms with Crippen LogP contribution in [0.4, 0.5) is 5.82 Å². The minimum Gasteiger partial charge on any atom is -0.351 e. The lowest BCUT2D eigenvalue weighted by atomic mass is 9.99. The van der Waals surface area contributed by atoms with Crippen LogP contribution in [0.15, 0.2) is 41.1 Å². The Balaban J connectivity index is 1.36. The van der Waals surface area contributed by atoms with Gasteiger partial charge in [0.05, 0.1) is 22.9 Å². The summed E-state index contributed by atoms with van der Waals surface area (Å²) in [7, 11) is -2.50. The van der Waals surface area contributed by atoms with Crippen LogP contribution in [-0.2, 0) is 0 Å². The SMILES string of the molecule is CC(C)c1noc(C(=O)N[C@H](C)c2ccc(-c3ccnc4[nH]nc(N5CCS(O)(O)CC5)c34)cc2)n1. The molecule has 1 amide bonds. The minimum absolute atomic E-state index is 0.0483. The largest absolute Gasteiger partial charge is 0.351 e. The molecule has 0 saturated carbocycles. The van der Waals surface area contributed by atoms with Gasteiger partial charge in [-0.05, 0) is 29.7 Å². The zero-order chi connectivity index (χ0) is 25.4. The van der Waals surface area contributed by atoms with E-state index in [1.165, 1.54) is 0 Å². The predicted molar refractivity (Wildman–Crippen MR) is 138 cm³/mol. The molecule has 1 aliphatic heterocycles. The maximum atomic E-state index is 12.5. The first kappa shape index (κ1) is 24.2. The monoisotopic (exact) mass is 511 g/mol. The molecule has 12 heteroatoms. The number of aromatic amines is 1. The van der Waals surface area contributed by atoms with Crippen molar-refractivity contribution in [1.82, 2.24) is 30.6 Å². The van der Waals surface area contributed by atoms with Gasteiger partial charge in [0, 0.05) is 25.2 Å². The Morgan fingerprint density at radius 3 is 2.53 bits per heavy atom. The van der Waals surface area contributed by atoms with Gasteiger partial charge in [0.15, 0.2) is 17.3 Å². The summed E-state index contributed by atoms with van der Waals surface area (Å²) in [6.07, 6.45) is 1.74. The second-order valence-corrected chi connectivity index (χ2v) is 11.7. The Morgan fingerprint density at radius 2 is 1.86 bits per heavy atom. The molecule has 11 nitrogen and oxygen atoms in total. The molecule has 190 valence electrons. The van der Waals surface area contributed by atoms with Crippen LogP contribution in [0.5, 0.6) is 0 Å².